The minimum absolute atomic E-state index is 0.104. The van der Waals surface area contributed by atoms with Gasteiger partial charge < -0.3 is 4.74 Å². The number of nitrogens with zero attached hydrogens (tertiary/aromatic N) is 2. The molecule has 0 radical (unpaired) electrons. The second kappa shape index (κ2) is 15.8. The van der Waals surface area contributed by atoms with Crippen LogP contribution in [0.2, 0.25) is 0 Å². The number of thiol groups is 1. The Kier molecular flexibility index (Phi) is 17.3. The summed E-state index contributed by atoms with van der Waals surface area (Å²) in [6, 6.07) is 0. The first-order valence-corrected chi connectivity index (χ1v) is 13.6. The highest BCUT2D eigenvalue weighted by atomic mass is 127. The van der Waals surface area contributed by atoms with Gasteiger partial charge >= 0.3 is 5.97 Å². The third kappa shape index (κ3) is 13.6. The molecule has 120 valence electrons. The Morgan fingerprint density at radius 3 is 2.30 bits per heavy atom. The molecule has 0 fully saturated rings. The topological polar surface area (TPSA) is 32.8 Å². The molecule has 0 aliphatic heterocycles. The summed E-state index contributed by atoms with van der Waals surface area (Å²) in [6.07, 6.45) is 5.28. The van der Waals surface area contributed by atoms with E-state index in [2.05, 4.69) is 59.5 Å². The highest BCUT2D eigenvalue weighted by Gasteiger charge is 2.08. The lowest BCUT2D eigenvalue weighted by Crippen LogP contribution is -2.20. The van der Waals surface area contributed by atoms with Crippen molar-refractivity contribution in [1.29, 1.82) is 0 Å². The molecule has 20 heavy (non-hydrogen) atoms. The molecule has 0 aromatic heterocycles. The van der Waals surface area contributed by atoms with Gasteiger partial charge in [-0.25, -0.2) is 4.31 Å². The number of rotatable bonds is 13. The highest BCUT2D eigenvalue weighted by Crippen LogP contribution is 2.22. The Hall–Kier alpha value is 1.90. The lowest BCUT2D eigenvalue weighted by molar-refractivity contribution is -0.143. The third-order valence-corrected chi connectivity index (χ3v) is 7.93. The molecule has 0 unspecified atom stereocenters. The molecule has 9 heteroatoms. The molecular formula is C11H22I2N2O2S3. The molecular weight excluding hydrogens is 542 g/mol. The van der Waals surface area contributed by atoms with E-state index < -0.39 is 0 Å². The first-order valence-electron chi connectivity index (χ1n) is 6.58. The lowest BCUT2D eigenvalue weighted by atomic mass is 10.2. The maximum absolute atomic E-state index is 11.3. The van der Waals surface area contributed by atoms with Crippen molar-refractivity contribution in [3.8, 4) is 0 Å². The van der Waals surface area contributed by atoms with Gasteiger partial charge in [-0.3, -0.25) is 4.79 Å². The second-order valence-corrected chi connectivity index (χ2v) is 8.46. The van der Waals surface area contributed by atoms with Gasteiger partial charge in [0, 0.05) is 71.2 Å². The van der Waals surface area contributed by atoms with Crippen molar-refractivity contribution in [3.63, 3.8) is 0 Å². The van der Waals surface area contributed by atoms with Gasteiger partial charge in [0.15, 0.2) is 0 Å². The van der Waals surface area contributed by atoms with Gasteiger partial charge in [-0.1, -0.05) is 25.7 Å². The minimum Gasteiger partial charge on any atom is -0.466 e. The van der Waals surface area contributed by atoms with Crippen LogP contribution in [0.4, 0.5) is 0 Å². The zero-order chi connectivity index (χ0) is 15.2. The van der Waals surface area contributed by atoms with Gasteiger partial charge in [0.2, 0.25) is 0 Å². The van der Waals surface area contributed by atoms with Crippen LogP contribution in [0.5, 0.6) is 0 Å². The molecule has 0 spiro atoms. The van der Waals surface area contributed by atoms with E-state index in [-0.39, 0.29) is 5.97 Å². The van der Waals surface area contributed by atoms with E-state index in [1.54, 1.807) is 18.2 Å². The van der Waals surface area contributed by atoms with Gasteiger partial charge in [0.05, 0.1) is 13.0 Å². The molecule has 0 aromatic rings. The molecule has 0 aliphatic rings. The fourth-order valence-corrected chi connectivity index (χ4v) is 4.02. The van der Waals surface area contributed by atoms with Crippen molar-refractivity contribution in [2.75, 3.05) is 26.2 Å². The van der Waals surface area contributed by atoms with Crippen LogP contribution < -0.4 is 0 Å². The van der Waals surface area contributed by atoms with Crippen molar-refractivity contribution >= 4 is 79.4 Å². The van der Waals surface area contributed by atoms with Crippen LogP contribution in [0.1, 0.15) is 39.0 Å². The summed E-state index contributed by atoms with van der Waals surface area (Å²) in [5.74, 6) is -0.104. The number of halogens is 2. The number of unbranched alkanes of at least 4 members (excludes halogenated alkanes) is 3. The standard InChI is InChI=1S/C11H22I2N2O2S3/c1-2-17-11(16)7-10-14(19-12)8-5-3-4-6-9-15(18)20-13/h18H,2-10H2,1H3. The van der Waals surface area contributed by atoms with Crippen molar-refractivity contribution in [3.05, 3.63) is 0 Å². The summed E-state index contributed by atoms with van der Waals surface area (Å²) < 4.78 is 9.11. The Balaban J connectivity index is 3.52. The van der Waals surface area contributed by atoms with E-state index >= 15 is 0 Å². The van der Waals surface area contributed by atoms with Crippen LogP contribution in [-0.4, -0.2) is 40.2 Å². The van der Waals surface area contributed by atoms with E-state index in [1.165, 1.54) is 25.7 Å². The summed E-state index contributed by atoms with van der Waals surface area (Å²) in [5, 5.41) is 0. The van der Waals surface area contributed by atoms with Gasteiger partial charge in [-0.15, -0.1) is 0 Å². The first kappa shape index (κ1) is 21.9. The third-order valence-electron chi connectivity index (χ3n) is 2.55. The number of carbonyl (C=O) groups is 1. The molecule has 0 N–H and O–H groups in total. The SMILES string of the molecule is CCOC(=O)CCN(CCCCCCN(S)SI)SI. The van der Waals surface area contributed by atoms with Crippen LogP contribution in [-0.2, 0) is 9.53 Å². The monoisotopic (exact) mass is 564 g/mol. The van der Waals surface area contributed by atoms with Crippen molar-refractivity contribution in [2.45, 2.75) is 39.0 Å². The average Bonchev–Trinajstić information content (AvgIpc) is 2.45. The van der Waals surface area contributed by atoms with E-state index in [1.807, 2.05) is 10.6 Å². The summed E-state index contributed by atoms with van der Waals surface area (Å²) in [6.45, 7) is 5.12. The maximum atomic E-state index is 11.3. The van der Waals surface area contributed by atoms with E-state index in [0.29, 0.717) is 13.0 Å². The van der Waals surface area contributed by atoms with Crippen LogP contribution in [0.15, 0.2) is 0 Å². The van der Waals surface area contributed by atoms with Crippen molar-refractivity contribution in [1.82, 2.24) is 8.02 Å². The van der Waals surface area contributed by atoms with E-state index in [9.17, 15) is 4.79 Å². The molecule has 0 atom stereocenters. The Morgan fingerprint density at radius 1 is 1.10 bits per heavy atom. The molecule has 0 saturated carbocycles. The van der Waals surface area contributed by atoms with Gasteiger partial charge in [-0.2, -0.15) is 3.71 Å². The summed E-state index contributed by atoms with van der Waals surface area (Å²) in [7, 11) is 3.29. The normalized spacial score (nSPS) is 11.3. The Labute approximate surface area is 160 Å². The van der Waals surface area contributed by atoms with Crippen LogP contribution in [0, 0.1) is 0 Å². The maximum Gasteiger partial charge on any atom is 0.307 e. The van der Waals surface area contributed by atoms with Crippen molar-refractivity contribution in [2.24, 2.45) is 0 Å². The van der Waals surface area contributed by atoms with Gasteiger partial charge in [-0.05, 0) is 28.9 Å². The number of hydrogen-bond acceptors (Lipinski definition) is 7. The largest absolute Gasteiger partial charge is 0.466 e. The quantitative estimate of drug-likeness (QED) is 0.112. The summed E-state index contributed by atoms with van der Waals surface area (Å²) >= 11 is 8.80. The predicted octanol–water partition coefficient (Wildman–Crippen LogP) is 4.95. The fourth-order valence-electron chi connectivity index (χ4n) is 1.55. The summed E-state index contributed by atoms with van der Waals surface area (Å²) in [5.41, 5.74) is 0. The average molecular weight is 564 g/mol. The molecule has 0 aromatic carbocycles. The van der Waals surface area contributed by atoms with Crippen LogP contribution in [0.25, 0.3) is 0 Å². The van der Waals surface area contributed by atoms with Crippen LogP contribution >= 0.6 is 73.5 Å². The molecule has 0 rings (SSSR count). The highest BCUT2D eigenvalue weighted by molar-refractivity contribution is 14.2. The predicted molar refractivity (Wildman–Crippen MR) is 110 cm³/mol. The zero-order valence-electron chi connectivity index (χ0n) is 11.6. The van der Waals surface area contributed by atoms with Gasteiger partial charge in [0.1, 0.15) is 0 Å². The molecule has 0 aliphatic carbocycles. The van der Waals surface area contributed by atoms with Gasteiger partial charge in [0.25, 0.3) is 0 Å². The lowest BCUT2D eigenvalue weighted by Gasteiger charge is -2.17. The fraction of sp³-hybridized carbons (Fsp3) is 0.909. The minimum atomic E-state index is -0.104. The number of ether oxygens (including phenoxy) is 1. The molecule has 0 heterocycles. The van der Waals surface area contributed by atoms with E-state index in [0.717, 1.165) is 19.6 Å². The van der Waals surface area contributed by atoms with Crippen molar-refractivity contribution < 1.29 is 9.53 Å². The number of carbonyl (C=O) groups excluding carboxylic acids is 1. The first-order chi connectivity index (χ1) is 9.63. The smallest absolute Gasteiger partial charge is 0.307 e. The number of hydrogen-bond donors (Lipinski definition) is 1. The zero-order valence-corrected chi connectivity index (χ0v) is 18.4. The molecule has 4 nitrogen and oxygen atoms in total. The Bertz CT molecular complexity index is 254. The molecule has 0 bridgehead atoms. The van der Waals surface area contributed by atoms with E-state index in [4.69, 9.17) is 4.74 Å². The molecule has 0 amide bonds. The summed E-state index contributed by atoms with van der Waals surface area (Å²) in [4.78, 5) is 11.3. The molecule has 0 saturated heterocycles. The van der Waals surface area contributed by atoms with Crippen LogP contribution in [0.3, 0.4) is 0 Å². The number of esters is 1. The Morgan fingerprint density at radius 2 is 1.75 bits per heavy atom. The second-order valence-electron chi connectivity index (χ2n) is 4.11.